The molecule has 51 heavy (non-hydrogen) atoms. The van der Waals surface area contributed by atoms with Crippen molar-refractivity contribution in [2.45, 2.75) is 25.3 Å². The highest BCUT2D eigenvalue weighted by Crippen LogP contribution is 2.56. The Morgan fingerprint density at radius 1 is 0.588 bits per heavy atom. The number of fused-ring (bicyclic) bond motifs is 3. The Bertz CT molecular complexity index is 2110. The lowest BCUT2D eigenvalue weighted by molar-refractivity contribution is 0.228. The molecule has 2 heterocycles. The molecule has 2 aliphatic heterocycles. The van der Waals surface area contributed by atoms with Gasteiger partial charge in [0.2, 0.25) is 11.5 Å². The molecule has 0 aliphatic carbocycles. The van der Waals surface area contributed by atoms with E-state index in [4.69, 9.17) is 37.9 Å². The van der Waals surface area contributed by atoms with Crippen LogP contribution in [0.5, 0.6) is 51.7 Å². The molecular weight excluding hydrogens is 648 g/mol. The van der Waals surface area contributed by atoms with E-state index in [9.17, 15) is 0 Å². The summed E-state index contributed by atoms with van der Waals surface area (Å²) in [6.07, 6.45) is 2.59. The summed E-state index contributed by atoms with van der Waals surface area (Å²) in [4.78, 5) is 4.66. The van der Waals surface area contributed by atoms with Crippen LogP contribution in [0.1, 0.15) is 28.3 Å². The summed E-state index contributed by atoms with van der Waals surface area (Å²) >= 11 is 0. The number of ether oxygens (including phenoxy) is 8. The molecule has 0 saturated carbocycles. The van der Waals surface area contributed by atoms with Gasteiger partial charge in [-0.15, -0.1) is 0 Å². The second-order valence-corrected chi connectivity index (χ2v) is 13.0. The molecule has 1 atom stereocenters. The first-order valence-corrected chi connectivity index (χ1v) is 17.1. The molecule has 0 saturated heterocycles. The van der Waals surface area contributed by atoms with Crippen LogP contribution in [0.3, 0.4) is 0 Å². The quantitative estimate of drug-likeness (QED) is 0.129. The third kappa shape index (κ3) is 5.62. The van der Waals surface area contributed by atoms with Gasteiger partial charge in [-0.2, -0.15) is 0 Å². The van der Waals surface area contributed by atoms with Crippen LogP contribution in [0.25, 0.3) is 21.5 Å². The van der Waals surface area contributed by atoms with E-state index in [1.54, 1.807) is 49.8 Å². The van der Waals surface area contributed by atoms with Gasteiger partial charge in [0.25, 0.3) is 0 Å². The van der Waals surface area contributed by atoms with E-state index < -0.39 is 0 Å². The first-order chi connectivity index (χ1) is 24.8. The molecule has 0 fully saturated rings. The standard InChI is InChI=1S/C41H46N2O8/c1-42-16-14-24-19-32(44-3)33(45-4)21-27(24)30(42)18-23-10-12-25(13-11-23)51-38-29-20-31-35-26(15-17-43(31)2)37(47-6)41(50-9)40(49-8)36(35)28(29)22-34(46-5)39(38)48-7/h10-13,19-22,30H,14-18H2,1-9H3/t30-/m0/s1. The number of anilines is 1. The lowest BCUT2D eigenvalue weighted by Crippen LogP contribution is -2.33. The van der Waals surface area contributed by atoms with Gasteiger partial charge >= 0.3 is 0 Å². The summed E-state index contributed by atoms with van der Waals surface area (Å²) < 4.78 is 47.8. The monoisotopic (exact) mass is 694 g/mol. The molecule has 10 nitrogen and oxygen atoms in total. The number of methoxy groups -OCH3 is 7. The van der Waals surface area contributed by atoms with Crippen LogP contribution in [0.15, 0.2) is 48.5 Å². The van der Waals surface area contributed by atoms with Gasteiger partial charge in [-0.25, -0.2) is 0 Å². The van der Waals surface area contributed by atoms with E-state index in [1.165, 1.54) is 16.7 Å². The topological polar surface area (TPSA) is 80.3 Å². The van der Waals surface area contributed by atoms with Crippen LogP contribution in [-0.2, 0) is 19.3 Å². The van der Waals surface area contributed by atoms with Crippen molar-refractivity contribution in [1.29, 1.82) is 0 Å². The first-order valence-electron chi connectivity index (χ1n) is 17.1. The van der Waals surface area contributed by atoms with Gasteiger partial charge in [-0.05, 0) is 79.4 Å². The summed E-state index contributed by atoms with van der Waals surface area (Å²) in [5.41, 5.74) is 5.88. The van der Waals surface area contributed by atoms with Gasteiger partial charge in [0.15, 0.2) is 34.5 Å². The molecule has 0 spiro atoms. The third-order valence-electron chi connectivity index (χ3n) is 10.5. The second kappa shape index (κ2) is 13.8. The van der Waals surface area contributed by atoms with Crippen molar-refractivity contribution >= 4 is 27.2 Å². The zero-order valence-electron chi connectivity index (χ0n) is 30.9. The van der Waals surface area contributed by atoms with Crippen molar-refractivity contribution in [3.8, 4) is 51.7 Å². The molecule has 10 heteroatoms. The van der Waals surface area contributed by atoms with Crippen molar-refractivity contribution in [3.05, 3.63) is 70.8 Å². The lowest BCUT2D eigenvalue weighted by Gasteiger charge is -2.35. The molecular formula is C41H46N2O8. The molecule has 7 rings (SSSR count). The Morgan fingerprint density at radius 3 is 1.90 bits per heavy atom. The van der Waals surface area contributed by atoms with E-state index in [1.807, 2.05) is 18.2 Å². The van der Waals surface area contributed by atoms with Crippen molar-refractivity contribution in [1.82, 2.24) is 4.90 Å². The Labute approximate surface area is 299 Å². The highest BCUT2D eigenvalue weighted by molar-refractivity contribution is 6.21. The average molecular weight is 695 g/mol. The summed E-state index contributed by atoms with van der Waals surface area (Å²) in [5.74, 6) is 5.63. The number of rotatable bonds is 11. The Morgan fingerprint density at radius 2 is 1.25 bits per heavy atom. The minimum absolute atomic E-state index is 0.195. The maximum atomic E-state index is 6.78. The van der Waals surface area contributed by atoms with E-state index in [0.29, 0.717) is 40.2 Å². The Kier molecular flexibility index (Phi) is 9.28. The van der Waals surface area contributed by atoms with Crippen molar-refractivity contribution < 1.29 is 37.9 Å². The fourth-order valence-corrected chi connectivity index (χ4v) is 7.90. The molecule has 0 unspecified atom stereocenters. The van der Waals surface area contributed by atoms with Crippen LogP contribution >= 0.6 is 0 Å². The normalized spacial score (nSPS) is 15.4. The lowest BCUT2D eigenvalue weighted by atomic mass is 9.88. The van der Waals surface area contributed by atoms with Gasteiger partial charge in [0.1, 0.15) is 5.75 Å². The SMILES string of the molecule is COc1cc2c(cc1OC)[C@H](Cc1ccc(Oc3c(OC)c(OC)cc4c3cc3c5c(c(OC)c(OC)c(OC)c54)CCN3C)cc1)N(C)CC2. The molecule has 0 amide bonds. The Balaban J connectivity index is 1.33. The molecule has 5 aromatic carbocycles. The van der Waals surface area contributed by atoms with E-state index in [-0.39, 0.29) is 6.04 Å². The molecule has 268 valence electrons. The fraction of sp³-hybridized carbons (Fsp3) is 0.366. The van der Waals surface area contributed by atoms with Crippen LogP contribution in [0.4, 0.5) is 5.69 Å². The maximum absolute atomic E-state index is 6.78. The van der Waals surface area contributed by atoms with Gasteiger partial charge in [0, 0.05) is 59.0 Å². The average Bonchev–Trinajstić information content (AvgIpc) is 3.16. The number of hydrogen-bond acceptors (Lipinski definition) is 10. The zero-order valence-corrected chi connectivity index (χ0v) is 30.9. The van der Waals surface area contributed by atoms with Crippen LogP contribution < -0.4 is 42.8 Å². The van der Waals surface area contributed by atoms with Gasteiger partial charge in [-0.1, -0.05) is 12.1 Å². The zero-order chi connectivity index (χ0) is 36.0. The molecule has 2 aliphatic rings. The number of benzene rings is 5. The smallest absolute Gasteiger partial charge is 0.204 e. The predicted molar refractivity (Wildman–Crippen MR) is 200 cm³/mol. The minimum atomic E-state index is 0.195. The molecule has 0 N–H and O–H groups in total. The highest BCUT2D eigenvalue weighted by Gasteiger charge is 2.32. The van der Waals surface area contributed by atoms with Crippen molar-refractivity contribution in [2.24, 2.45) is 0 Å². The van der Waals surface area contributed by atoms with E-state index >= 15 is 0 Å². The van der Waals surface area contributed by atoms with Crippen LogP contribution in [0.2, 0.25) is 0 Å². The summed E-state index contributed by atoms with van der Waals surface area (Å²) in [7, 11) is 15.9. The van der Waals surface area contributed by atoms with Gasteiger partial charge < -0.3 is 42.8 Å². The van der Waals surface area contributed by atoms with Crippen LogP contribution in [-0.4, -0.2) is 81.9 Å². The third-order valence-corrected chi connectivity index (χ3v) is 10.5. The number of nitrogens with zero attached hydrogens (tertiary/aromatic N) is 2. The molecule has 0 bridgehead atoms. The maximum Gasteiger partial charge on any atom is 0.204 e. The number of likely N-dealkylation sites (N-methyl/N-ethyl adjacent to an activating group) is 2. The fourth-order valence-electron chi connectivity index (χ4n) is 7.90. The summed E-state index contributed by atoms with van der Waals surface area (Å²) in [5, 5.41) is 3.70. The van der Waals surface area contributed by atoms with Crippen molar-refractivity contribution in [2.75, 3.05) is 81.9 Å². The second-order valence-electron chi connectivity index (χ2n) is 13.0. The van der Waals surface area contributed by atoms with E-state index in [2.05, 4.69) is 54.2 Å². The molecule has 5 aromatic rings. The summed E-state index contributed by atoms with van der Waals surface area (Å²) in [6, 6.07) is 16.9. The van der Waals surface area contributed by atoms with E-state index in [0.717, 1.165) is 76.6 Å². The van der Waals surface area contributed by atoms with Crippen LogP contribution in [0, 0.1) is 0 Å². The minimum Gasteiger partial charge on any atom is -0.493 e. The Hall–Kier alpha value is -5.22. The van der Waals surface area contributed by atoms with Gasteiger partial charge in [0.05, 0.1) is 49.8 Å². The number of hydrogen-bond donors (Lipinski definition) is 0. The van der Waals surface area contributed by atoms with Gasteiger partial charge in [-0.3, -0.25) is 4.90 Å². The molecule has 0 aromatic heterocycles. The highest BCUT2D eigenvalue weighted by atomic mass is 16.5. The largest absolute Gasteiger partial charge is 0.493 e. The van der Waals surface area contributed by atoms with Crippen molar-refractivity contribution in [3.63, 3.8) is 0 Å². The molecule has 0 radical (unpaired) electrons. The first kappa shape index (κ1) is 34.2. The predicted octanol–water partition coefficient (Wildman–Crippen LogP) is 7.61. The summed E-state index contributed by atoms with van der Waals surface area (Å²) in [6.45, 7) is 1.78.